The summed E-state index contributed by atoms with van der Waals surface area (Å²) in [7, 11) is 0. The quantitative estimate of drug-likeness (QED) is 0.876. The summed E-state index contributed by atoms with van der Waals surface area (Å²) < 4.78 is 38.0. The first-order valence-corrected chi connectivity index (χ1v) is 6.46. The molecule has 6 heteroatoms. The Labute approximate surface area is 115 Å². The van der Waals surface area contributed by atoms with Crippen LogP contribution in [0.2, 0.25) is 0 Å². The number of benzene rings is 1. The summed E-state index contributed by atoms with van der Waals surface area (Å²) in [6, 6.07) is 5.21. The molecule has 20 heavy (non-hydrogen) atoms. The number of aliphatic hydroxyl groups is 1. The van der Waals surface area contributed by atoms with Crippen molar-refractivity contribution in [2.45, 2.75) is 44.0 Å². The van der Waals surface area contributed by atoms with Gasteiger partial charge in [-0.05, 0) is 43.9 Å². The molecule has 0 amide bonds. The number of nitrogens with one attached hydrogen (secondary N) is 1. The lowest BCUT2D eigenvalue weighted by molar-refractivity contribution is -0.137. The third-order valence-corrected chi connectivity index (χ3v) is 3.51. The Morgan fingerprint density at radius 1 is 1.20 bits per heavy atom. The number of anilines is 1. The molecule has 0 bridgehead atoms. The molecule has 1 fully saturated rings. The standard InChI is InChI=1S/C14H15F3N2O/c15-14(16,17)13-6-3-11(7-9(13)8-18)19-10-1-4-12(20)5-2-10/h3,6-7,10,12,19-20H,1-2,4-5H2. The van der Waals surface area contributed by atoms with Crippen LogP contribution in [0, 0.1) is 11.3 Å². The van der Waals surface area contributed by atoms with Gasteiger partial charge in [0.25, 0.3) is 0 Å². The summed E-state index contributed by atoms with van der Waals surface area (Å²) >= 11 is 0. The molecule has 0 spiro atoms. The van der Waals surface area contributed by atoms with Crippen LogP contribution in [0.5, 0.6) is 0 Å². The molecule has 1 saturated carbocycles. The van der Waals surface area contributed by atoms with Crippen LogP contribution in [0.25, 0.3) is 0 Å². The van der Waals surface area contributed by atoms with Crippen molar-refractivity contribution in [2.75, 3.05) is 5.32 Å². The molecule has 108 valence electrons. The molecule has 1 aromatic carbocycles. The Kier molecular flexibility index (Phi) is 4.19. The Morgan fingerprint density at radius 3 is 2.40 bits per heavy atom. The van der Waals surface area contributed by atoms with E-state index in [9.17, 15) is 18.3 Å². The van der Waals surface area contributed by atoms with Crippen LogP contribution in [0.15, 0.2) is 18.2 Å². The lowest BCUT2D eigenvalue weighted by Gasteiger charge is -2.27. The molecule has 3 nitrogen and oxygen atoms in total. The van der Waals surface area contributed by atoms with Crippen molar-refractivity contribution >= 4 is 5.69 Å². The van der Waals surface area contributed by atoms with Crippen molar-refractivity contribution in [1.82, 2.24) is 0 Å². The maximum absolute atomic E-state index is 12.7. The number of alkyl halides is 3. The average molecular weight is 284 g/mol. The molecule has 0 aliphatic heterocycles. The number of halogens is 3. The molecular formula is C14H15F3N2O. The fraction of sp³-hybridized carbons (Fsp3) is 0.500. The minimum absolute atomic E-state index is 0.127. The number of nitrogens with zero attached hydrogens (tertiary/aromatic N) is 1. The zero-order valence-corrected chi connectivity index (χ0v) is 10.7. The first kappa shape index (κ1) is 14.7. The highest BCUT2D eigenvalue weighted by Gasteiger charge is 2.33. The number of hydrogen-bond donors (Lipinski definition) is 2. The molecule has 0 radical (unpaired) electrons. The Balaban J connectivity index is 2.12. The molecule has 1 aliphatic carbocycles. The number of aliphatic hydroxyl groups excluding tert-OH is 1. The van der Waals surface area contributed by atoms with Crippen LogP contribution in [0.3, 0.4) is 0 Å². The Bertz CT molecular complexity index is 514. The van der Waals surface area contributed by atoms with Gasteiger partial charge in [0.2, 0.25) is 0 Å². The van der Waals surface area contributed by atoms with E-state index in [1.807, 2.05) is 0 Å². The van der Waals surface area contributed by atoms with Crippen molar-refractivity contribution in [3.63, 3.8) is 0 Å². The number of nitriles is 1. The van der Waals surface area contributed by atoms with Gasteiger partial charge in [-0.15, -0.1) is 0 Å². The van der Waals surface area contributed by atoms with Gasteiger partial charge in [0.05, 0.1) is 23.3 Å². The van der Waals surface area contributed by atoms with Gasteiger partial charge in [0, 0.05) is 11.7 Å². The second-order valence-electron chi connectivity index (χ2n) is 5.02. The van der Waals surface area contributed by atoms with Gasteiger partial charge in [0.15, 0.2) is 0 Å². The van der Waals surface area contributed by atoms with Gasteiger partial charge in [0.1, 0.15) is 0 Å². The predicted octanol–water partition coefficient (Wildman–Crippen LogP) is 3.29. The maximum Gasteiger partial charge on any atom is 0.417 e. The van der Waals surface area contributed by atoms with E-state index in [0.717, 1.165) is 18.9 Å². The second-order valence-corrected chi connectivity index (χ2v) is 5.02. The SMILES string of the molecule is N#Cc1cc(NC2CCC(O)CC2)ccc1C(F)(F)F. The van der Waals surface area contributed by atoms with Gasteiger partial charge in [-0.25, -0.2) is 0 Å². The molecule has 2 rings (SSSR count). The molecule has 0 atom stereocenters. The molecule has 0 unspecified atom stereocenters. The summed E-state index contributed by atoms with van der Waals surface area (Å²) in [5.41, 5.74) is -0.779. The summed E-state index contributed by atoms with van der Waals surface area (Å²) in [4.78, 5) is 0. The monoisotopic (exact) mass is 284 g/mol. The van der Waals surface area contributed by atoms with Crippen LogP contribution >= 0.6 is 0 Å². The van der Waals surface area contributed by atoms with Crippen LogP contribution in [0.4, 0.5) is 18.9 Å². The van der Waals surface area contributed by atoms with Gasteiger partial charge in [-0.2, -0.15) is 18.4 Å². The third-order valence-electron chi connectivity index (χ3n) is 3.51. The van der Waals surface area contributed by atoms with E-state index in [-0.39, 0.29) is 17.7 Å². The van der Waals surface area contributed by atoms with Crippen molar-refractivity contribution in [1.29, 1.82) is 5.26 Å². The summed E-state index contributed by atoms with van der Waals surface area (Å²) in [5, 5.41) is 21.4. The Morgan fingerprint density at radius 2 is 1.85 bits per heavy atom. The first-order valence-electron chi connectivity index (χ1n) is 6.46. The first-order chi connectivity index (χ1) is 9.40. The van der Waals surface area contributed by atoms with Gasteiger partial charge in [-0.3, -0.25) is 0 Å². The van der Waals surface area contributed by atoms with Crippen molar-refractivity contribution in [2.24, 2.45) is 0 Å². The van der Waals surface area contributed by atoms with E-state index in [4.69, 9.17) is 5.26 Å². The van der Waals surface area contributed by atoms with Gasteiger partial charge in [-0.1, -0.05) is 0 Å². The summed E-state index contributed by atoms with van der Waals surface area (Å²) in [6.45, 7) is 0. The smallest absolute Gasteiger partial charge is 0.393 e. The molecular weight excluding hydrogens is 269 g/mol. The molecule has 0 saturated heterocycles. The topological polar surface area (TPSA) is 56.0 Å². The van der Waals surface area contributed by atoms with E-state index < -0.39 is 11.7 Å². The normalized spacial score (nSPS) is 23.1. The molecule has 0 aromatic heterocycles. The van der Waals surface area contributed by atoms with Crippen LogP contribution in [-0.2, 0) is 6.18 Å². The fourth-order valence-corrected chi connectivity index (χ4v) is 2.43. The highest BCUT2D eigenvalue weighted by molar-refractivity contribution is 5.54. The average Bonchev–Trinajstić information content (AvgIpc) is 2.40. The molecule has 2 N–H and O–H groups in total. The highest BCUT2D eigenvalue weighted by Crippen LogP contribution is 2.33. The zero-order valence-electron chi connectivity index (χ0n) is 10.7. The lowest BCUT2D eigenvalue weighted by atomic mass is 9.93. The second kappa shape index (κ2) is 5.71. The van der Waals surface area contributed by atoms with E-state index >= 15 is 0 Å². The van der Waals surface area contributed by atoms with Crippen molar-refractivity contribution in [3.8, 4) is 6.07 Å². The largest absolute Gasteiger partial charge is 0.417 e. The predicted molar refractivity (Wildman–Crippen MR) is 68.0 cm³/mol. The van der Waals surface area contributed by atoms with E-state index in [2.05, 4.69) is 5.32 Å². The lowest BCUT2D eigenvalue weighted by Crippen LogP contribution is -2.28. The fourth-order valence-electron chi connectivity index (χ4n) is 2.43. The summed E-state index contributed by atoms with van der Waals surface area (Å²) in [6.07, 6.45) is -1.89. The van der Waals surface area contributed by atoms with Crippen LogP contribution in [0.1, 0.15) is 36.8 Å². The zero-order chi connectivity index (χ0) is 14.8. The number of rotatable bonds is 2. The Hall–Kier alpha value is -1.74. The van der Waals surface area contributed by atoms with E-state index in [1.54, 1.807) is 6.07 Å². The molecule has 1 aliphatic rings. The highest BCUT2D eigenvalue weighted by atomic mass is 19.4. The van der Waals surface area contributed by atoms with E-state index in [0.29, 0.717) is 18.5 Å². The van der Waals surface area contributed by atoms with Crippen molar-refractivity contribution in [3.05, 3.63) is 29.3 Å². The summed E-state index contributed by atoms with van der Waals surface area (Å²) in [5.74, 6) is 0. The van der Waals surface area contributed by atoms with Crippen LogP contribution < -0.4 is 5.32 Å². The van der Waals surface area contributed by atoms with Crippen molar-refractivity contribution < 1.29 is 18.3 Å². The molecule has 0 heterocycles. The maximum atomic E-state index is 12.7. The number of hydrogen-bond acceptors (Lipinski definition) is 3. The van der Waals surface area contributed by atoms with Gasteiger partial charge >= 0.3 is 6.18 Å². The minimum atomic E-state index is -4.52. The molecule has 1 aromatic rings. The minimum Gasteiger partial charge on any atom is -0.393 e. The third kappa shape index (κ3) is 3.42. The van der Waals surface area contributed by atoms with Crippen LogP contribution in [-0.4, -0.2) is 17.3 Å². The van der Waals surface area contributed by atoms with Gasteiger partial charge < -0.3 is 10.4 Å². The van der Waals surface area contributed by atoms with E-state index in [1.165, 1.54) is 12.1 Å².